The van der Waals surface area contributed by atoms with Gasteiger partial charge in [-0.3, -0.25) is 0 Å². The molecule has 0 unspecified atom stereocenters. The van der Waals surface area contributed by atoms with Crippen molar-refractivity contribution in [3.05, 3.63) is 12.2 Å². The summed E-state index contributed by atoms with van der Waals surface area (Å²) in [6, 6.07) is 1.10. The minimum Gasteiger partial charge on any atom is -0.415 e. The predicted molar refractivity (Wildman–Crippen MR) is 79.7 cm³/mol. The molecule has 0 aromatic carbocycles. The molecule has 0 heterocycles. The van der Waals surface area contributed by atoms with Crippen LogP contribution in [-0.4, -0.2) is 15.1 Å². The molecule has 2 heteroatoms. The van der Waals surface area contributed by atoms with Crippen LogP contribution >= 0.6 is 0 Å². The van der Waals surface area contributed by atoms with E-state index in [1.807, 2.05) is 0 Å². The molecule has 0 rings (SSSR count). The van der Waals surface area contributed by atoms with Crippen molar-refractivity contribution in [2.75, 3.05) is 0 Å². The Kier molecular flexibility index (Phi) is 8.29. The maximum Gasteiger partial charge on any atom is 0.186 e. The van der Waals surface area contributed by atoms with Gasteiger partial charge in [-0.1, -0.05) is 46.3 Å². The van der Waals surface area contributed by atoms with Crippen molar-refractivity contribution in [1.29, 1.82) is 0 Å². The van der Waals surface area contributed by atoms with E-state index >= 15 is 0 Å². The Morgan fingerprint density at radius 3 is 2.47 bits per heavy atom. The first kappa shape index (κ1) is 16.5. The first-order chi connectivity index (χ1) is 7.95. The molecular weight excluding hydrogens is 224 g/mol. The van der Waals surface area contributed by atoms with Gasteiger partial charge in [0.25, 0.3) is 0 Å². The fraction of sp³-hybridized carbons (Fsp3) is 0.733. The fourth-order valence-electron chi connectivity index (χ4n) is 1.78. The summed E-state index contributed by atoms with van der Waals surface area (Å²) in [5, 5.41) is 0.292. The van der Waals surface area contributed by atoms with Gasteiger partial charge in [0.2, 0.25) is 0 Å². The summed E-state index contributed by atoms with van der Waals surface area (Å²) in [5.74, 6) is 2.74. The van der Waals surface area contributed by atoms with E-state index in [9.17, 15) is 0 Å². The van der Waals surface area contributed by atoms with Crippen LogP contribution in [-0.2, 0) is 4.43 Å². The predicted octanol–water partition coefficient (Wildman–Crippen LogP) is 4.30. The Labute approximate surface area is 109 Å². The minimum atomic E-state index is -1.24. The highest BCUT2D eigenvalue weighted by Gasteiger charge is 2.29. The normalized spacial score (nSPS) is 15.8. The molecule has 0 aliphatic heterocycles. The number of hydrogen-bond donors (Lipinski definition) is 0. The Morgan fingerprint density at radius 2 is 2.06 bits per heavy atom. The van der Waals surface area contributed by atoms with E-state index in [0.29, 0.717) is 5.04 Å². The van der Waals surface area contributed by atoms with E-state index in [1.165, 1.54) is 0 Å². The van der Waals surface area contributed by atoms with E-state index < -0.39 is 9.04 Å². The molecule has 0 spiro atoms. The lowest BCUT2D eigenvalue weighted by Gasteiger charge is -2.31. The van der Waals surface area contributed by atoms with Crippen molar-refractivity contribution in [2.24, 2.45) is 0 Å². The van der Waals surface area contributed by atoms with Gasteiger partial charge < -0.3 is 4.43 Å². The molecule has 0 aliphatic rings. The standard InChI is InChI=1S/C15H28OSi/c1-7-10-13-17(15(4,5)6)16-14(11-8-2)12-9-3/h2,7,10,14,17H,9,11-13H2,1,3-6H3/b10-7-/t14-,17+/m0/s1. The van der Waals surface area contributed by atoms with Gasteiger partial charge in [0, 0.05) is 6.42 Å². The quantitative estimate of drug-likeness (QED) is 0.373. The summed E-state index contributed by atoms with van der Waals surface area (Å²) in [6.45, 7) is 11.1. The van der Waals surface area contributed by atoms with Gasteiger partial charge >= 0.3 is 0 Å². The van der Waals surface area contributed by atoms with Crippen molar-refractivity contribution >= 4 is 9.04 Å². The lowest BCUT2D eigenvalue weighted by atomic mass is 10.1. The van der Waals surface area contributed by atoms with Gasteiger partial charge in [0.15, 0.2) is 9.04 Å². The average molecular weight is 252 g/mol. The van der Waals surface area contributed by atoms with E-state index in [1.54, 1.807) is 0 Å². The third-order valence-corrected chi connectivity index (χ3v) is 6.21. The van der Waals surface area contributed by atoms with Crippen LogP contribution in [0.15, 0.2) is 12.2 Å². The van der Waals surface area contributed by atoms with E-state index in [4.69, 9.17) is 10.8 Å². The Morgan fingerprint density at radius 1 is 1.41 bits per heavy atom. The molecule has 0 amide bonds. The summed E-state index contributed by atoms with van der Waals surface area (Å²) in [5.41, 5.74) is 0. The third kappa shape index (κ3) is 7.41. The fourth-order valence-corrected chi connectivity index (χ4v) is 4.22. The molecule has 0 fully saturated rings. The lowest BCUT2D eigenvalue weighted by molar-refractivity contribution is 0.185. The van der Waals surface area contributed by atoms with Gasteiger partial charge in [-0.05, 0) is 24.4 Å². The Hall–Kier alpha value is -0.523. The van der Waals surface area contributed by atoms with Crippen LogP contribution in [0.4, 0.5) is 0 Å². The van der Waals surface area contributed by atoms with Crippen LogP contribution < -0.4 is 0 Å². The van der Waals surface area contributed by atoms with Crippen LogP contribution in [0, 0.1) is 12.3 Å². The molecule has 0 bridgehead atoms. The molecule has 0 aromatic heterocycles. The zero-order valence-corrected chi connectivity index (χ0v) is 13.3. The van der Waals surface area contributed by atoms with Crippen LogP contribution in [0.25, 0.3) is 0 Å². The minimum absolute atomic E-state index is 0.270. The highest BCUT2D eigenvalue weighted by molar-refractivity contribution is 6.55. The number of hydrogen-bond acceptors (Lipinski definition) is 1. The molecule has 0 saturated heterocycles. The largest absolute Gasteiger partial charge is 0.415 e. The maximum absolute atomic E-state index is 6.34. The highest BCUT2D eigenvalue weighted by Crippen LogP contribution is 2.31. The van der Waals surface area contributed by atoms with Gasteiger partial charge in [-0.15, -0.1) is 12.3 Å². The summed E-state index contributed by atoms with van der Waals surface area (Å²) < 4.78 is 6.34. The molecule has 17 heavy (non-hydrogen) atoms. The molecule has 0 radical (unpaired) electrons. The third-order valence-electron chi connectivity index (χ3n) is 2.86. The SMILES string of the molecule is C#CC[C@@H](CCC)O[Si@H](C/C=C\C)C(C)(C)C. The second-order valence-electron chi connectivity index (χ2n) is 5.61. The van der Waals surface area contributed by atoms with Gasteiger partial charge in [-0.2, -0.15) is 0 Å². The highest BCUT2D eigenvalue weighted by atomic mass is 28.3. The lowest BCUT2D eigenvalue weighted by Crippen LogP contribution is -2.33. The smallest absolute Gasteiger partial charge is 0.186 e. The van der Waals surface area contributed by atoms with E-state index in [-0.39, 0.29) is 6.10 Å². The number of terminal acetylenes is 1. The van der Waals surface area contributed by atoms with Crippen molar-refractivity contribution in [3.8, 4) is 12.3 Å². The first-order valence-corrected chi connectivity index (χ1v) is 8.52. The molecule has 0 aliphatic carbocycles. The molecule has 0 saturated carbocycles. The van der Waals surface area contributed by atoms with Crippen LogP contribution in [0.5, 0.6) is 0 Å². The molecule has 2 atom stereocenters. The second kappa shape index (κ2) is 8.55. The molecule has 1 nitrogen and oxygen atoms in total. The zero-order valence-electron chi connectivity index (χ0n) is 12.1. The van der Waals surface area contributed by atoms with Crippen LogP contribution in [0.1, 0.15) is 53.9 Å². The Balaban J connectivity index is 4.53. The molecule has 0 aromatic rings. The van der Waals surface area contributed by atoms with Crippen molar-refractivity contribution in [3.63, 3.8) is 0 Å². The summed E-state index contributed by atoms with van der Waals surface area (Å²) >= 11 is 0. The molecule has 98 valence electrons. The van der Waals surface area contributed by atoms with E-state index in [0.717, 1.165) is 25.3 Å². The van der Waals surface area contributed by atoms with Crippen LogP contribution in [0.2, 0.25) is 11.1 Å². The maximum atomic E-state index is 6.34. The first-order valence-electron chi connectivity index (χ1n) is 6.65. The van der Waals surface area contributed by atoms with Gasteiger partial charge in [0.05, 0.1) is 6.10 Å². The topological polar surface area (TPSA) is 9.23 Å². The van der Waals surface area contributed by atoms with Crippen molar-refractivity contribution in [2.45, 2.75) is 71.1 Å². The number of rotatable bonds is 7. The average Bonchev–Trinajstić information content (AvgIpc) is 2.23. The van der Waals surface area contributed by atoms with Crippen molar-refractivity contribution < 1.29 is 4.43 Å². The molecule has 0 N–H and O–H groups in total. The zero-order chi connectivity index (χ0) is 13.3. The molecular formula is C15H28OSi. The monoisotopic (exact) mass is 252 g/mol. The second-order valence-corrected chi connectivity index (χ2v) is 9.07. The van der Waals surface area contributed by atoms with Gasteiger partial charge in [-0.25, -0.2) is 0 Å². The Bertz CT molecular complexity index is 257. The number of allylic oxidation sites excluding steroid dienone is 2. The van der Waals surface area contributed by atoms with Crippen LogP contribution in [0.3, 0.4) is 0 Å². The van der Waals surface area contributed by atoms with E-state index in [2.05, 4.69) is 52.7 Å². The summed E-state index contributed by atoms with van der Waals surface area (Å²) in [7, 11) is -1.24. The van der Waals surface area contributed by atoms with Gasteiger partial charge in [0.1, 0.15) is 0 Å². The summed E-state index contributed by atoms with van der Waals surface area (Å²) in [4.78, 5) is 0. The van der Waals surface area contributed by atoms with Crippen molar-refractivity contribution in [1.82, 2.24) is 0 Å². The summed E-state index contributed by atoms with van der Waals surface area (Å²) in [6.07, 6.45) is 13.0.